The first kappa shape index (κ1) is 14.2. The Labute approximate surface area is 93.3 Å². The predicted molar refractivity (Wildman–Crippen MR) is 62.3 cm³/mol. The van der Waals surface area contributed by atoms with Gasteiger partial charge in [-0.05, 0) is 27.7 Å². The van der Waals surface area contributed by atoms with Crippen molar-refractivity contribution >= 4 is 5.97 Å². The maximum atomic E-state index is 11.4. The fraction of sp³-hybridized carbons (Fsp3) is 0.750. The van der Waals surface area contributed by atoms with Crippen molar-refractivity contribution in [1.82, 2.24) is 0 Å². The summed E-state index contributed by atoms with van der Waals surface area (Å²) >= 11 is 0. The van der Waals surface area contributed by atoms with Crippen molar-refractivity contribution in [2.24, 2.45) is 0 Å². The van der Waals surface area contributed by atoms with E-state index >= 15 is 0 Å². The van der Waals surface area contributed by atoms with Crippen LogP contribution in [0.4, 0.5) is 0 Å². The van der Waals surface area contributed by atoms with Gasteiger partial charge in [-0.3, -0.25) is 4.48 Å². The summed E-state index contributed by atoms with van der Waals surface area (Å²) < 4.78 is 6.19. The molecule has 0 heterocycles. The van der Waals surface area contributed by atoms with Crippen molar-refractivity contribution in [3.63, 3.8) is 0 Å². The SMILES string of the molecule is C=C(C)C(=O)OC(C)[N+](CC)(CC)CC. The van der Waals surface area contributed by atoms with Gasteiger partial charge in [0.05, 0.1) is 19.6 Å². The molecule has 0 spiro atoms. The Morgan fingerprint density at radius 3 is 1.93 bits per heavy atom. The highest BCUT2D eigenvalue weighted by Gasteiger charge is 2.31. The average molecular weight is 214 g/mol. The fourth-order valence-corrected chi connectivity index (χ4v) is 1.81. The molecule has 0 bridgehead atoms. The summed E-state index contributed by atoms with van der Waals surface area (Å²) in [6.45, 7) is 16.5. The van der Waals surface area contributed by atoms with E-state index < -0.39 is 0 Å². The van der Waals surface area contributed by atoms with E-state index in [1.54, 1.807) is 6.92 Å². The summed E-state index contributed by atoms with van der Waals surface area (Å²) in [4.78, 5) is 11.4. The monoisotopic (exact) mass is 214 g/mol. The van der Waals surface area contributed by atoms with Crippen molar-refractivity contribution < 1.29 is 14.0 Å². The molecule has 15 heavy (non-hydrogen) atoms. The summed E-state index contributed by atoms with van der Waals surface area (Å²) in [6.07, 6.45) is -0.103. The molecule has 3 nitrogen and oxygen atoms in total. The van der Waals surface area contributed by atoms with Gasteiger partial charge >= 0.3 is 5.97 Å². The lowest BCUT2D eigenvalue weighted by atomic mass is 10.3. The number of hydrogen-bond donors (Lipinski definition) is 0. The number of nitrogens with zero attached hydrogens (tertiary/aromatic N) is 1. The Kier molecular flexibility index (Phi) is 5.58. The Morgan fingerprint density at radius 1 is 1.27 bits per heavy atom. The van der Waals surface area contributed by atoms with Crippen molar-refractivity contribution in [2.45, 2.75) is 40.8 Å². The molecule has 0 N–H and O–H groups in total. The summed E-state index contributed by atoms with van der Waals surface area (Å²) in [6, 6.07) is 0. The van der Waals surface area contributed by atoms with E-state index in [2.05, 4.69) is 27.4 Å². The highest BCUT2D eigenvalue weighted by molar-refractivity contribution is 5.86. The van der Waals surface area contributed by atoms with Gasteiger partial charge in [0.1, 0.15) is 0 Å². The molecule has 0 aromatic rings. The van der Waals surface area contributed by atoms with Gasteiger partial charge in [0.2, 0.25) is 6.23 Å². The average Bonchev–Trinajstić information content (AvgIpc) is 2.21. The van der Waals surface area contributed by atoms with Crippen LogP contribution in [-0.2, 0) is 9.53 Å². The Balaban J connectivity index is 4.58. The molecule has 3 heteroatoms. The number of rotatable bonds is 6. The quantitative estimate of drug-likeness (QED) is 0.293. The van der Waals surface area contributed by atoms with E-state index in [4.69, 9.17) is 4.74 Å². The van der Waals surface area contributed by atoms with Crippen LogP contribution in [0.2, 0.25) is 0 Å². The van der Waals surface area contributed by atoms with Gasteiger partial charge in [0.25, 0.3) is 0 Å². The summed E-state index contributed by atoms with van der Waals surface area (Å²) in [5.74, 6) is -0.291. The van der Waals surface area contributed by atoms with Gasteiger partial charge in [0, 0.05) is 12.5 Å². The van der Waals surface area contributed by atoms with E-state index in [1.165, 1.54) is 0 Å². The van der Waals surface area contributed by atoms with E-state index in [0.29, 0.717) is 5.57 Å². The molecule has 1 atom stereocenters. The third kappa shape index (κ3) is 3.34. The molecule has 0 saturated carbocycles. The maximum absolute atomic E-state index is 11.4. The van der Waals surface area contributed by atoms with Gasteiger partial charge in [-0.25, -0.2) is 4.79 Å². The lowest BCUT2D eigenvalue weighted by Gasteiger charge is -2.40. The molecule has 0 aliphatic heterocycles. The number of carbonyl (C=O) groups is 1. The Morgan fingerprint density at radius 2 is 1.67 bits per heavy atom. The molecule has 0 radical (unpaired) electrons. The van der Waals surface area contributed by atoms with Gasteiger partial charge in [-0.1, -0.05) is 6.58 Å². The lowest BCUT2D eigenvalue weighted by molar-refractivity contribution is -0.962. The number of ether oxygens (including phenoxy) is 1. The second kappa shape index (κ2) is 5.91. The van der Waals surface area contributed by atoms with E-state index in [0.717, 1.165) is 24.1 Å². The topological polar surface area (TPSA) is 26.3 Å². The van der Waals surface area contributed by atoms with Crippen LogP contribution in [-0.4, -0.2) is 36.3 Å². The van der Waals surface area contributed by atoms with E-state index in [1.807, 2.05) is 6.92 Å². The zero-order chi connectivity index (χ0) is 12.1. The number of hydrogen-bond acceptors (Lipinski definition) is 2. The summed E-state index contributed by atoms with van der Waals surface area (Å²) in [5, 5.41) is 0. The second-order valence-electron chi connectivity index (χ2n) is 3.95. The molecule has 0 rings (SSSR count). The minimum Gasteiger partial charge on any atom is -0.409 e. The summed E-state index contributed by atoms with van der Waals surface area (Å²) in [7, 11) is 0. The van der Waals surface area contributed by atoms with Crippen LogP contribution < -0.4 is 0 Å². The molecule has 0 aliphatic rings. The molecule has 1 unspecified atom stereocenters. The highest BCUT2D eigenvalue weighted by Crippen LogP contribution is 2.15. The Hall–Kier alpha value is -0.830. The van der Waals surface area contributed by atoms with Gasteiger partial charge in [-0.2, -0.15) is 0 Å². The van der Waals surface area contributed by atoms with Crippen LogP contribution in [0.25, 0.3) is 0 Å². The third-order valence-corrected chi connectivity index (χ3v) is 3.29. The fourth-order valence-electron chi connectivity index (χ4n) is 1.81. The zero-order valence-electron chi connectivity index (χ0n) is 10.7. The molecule has 0 fully saturated rings. The van der Waals surface area contributed by atoms with Gasteiger partial charge in [0.15, 0.2) is 0 Å². The van der Waals surface area contributed by atoms with Gasteiger partial charge < -0.3 is 4.74 Å². The minimum atomic E-state index is -0.291. The van der Waals surface area contributed by atoms with E-state index in [9.17, 15) is 4.79 Å². The molecule has 0 amide bonds. The first-order chi connectivity index (χ1) is 6.93. The normalized spacial score (nSPS) is 13.4. The van der Waals surface area contributed by atoms with Crippen LogP contribution in [0.5, 0.6) is 0 Å². The molecule has 0 saturated heterocycles. The van der Waals surface area contributed by atoms with Crippen LogP contribution in [0.1, 0.15) is 34.6 Å². The first-order valence-corrected chi connectivity index (χ1v) is 5.65. The van der Waals surface area contributed by atoms with Gasteiger partial charge in [-0.15, -0.1) is 0 Å². The van der Waals surface area contributed by atoms with Crippen molar-refractivity contribution in [3.05, 3.63) is 12.2 Å². The lowest BCUT2D eigenvalue weighted by Crippen LogP contribution is -2.55. The highest BCUT2D eigenvalue weighted by atomic mass is 16.6. The Bertz CT molecular complexity index is 224. The van der Waals surface area contributed by atoms with Crippen molar-refractivity contribution in [3.8, 4) is 0 Å². The first-order valence-electron chi connectivity index (χ1n) is 5.65. The summed E-state index contributed by atoms with van der Waals surface area (Å²) in [5.41, 5.74) is 0.461. The molecule has 0 aromatic heterocycles. The van der Waals surface area contributed by atoms with Crippen LogP contribution in [0.15, 0.2) is 12.2 Å². The molecule has 88 valence electrons. The van der Waals surface area contributed by atoms with Crippen LogP contribution in [0.3, 0.4) is 0 Å². The van der Waals surface area contributed by atoms with Crippen molar-refractivity contribution in [1.29, 1.82) is 0 Å². The molecular weight excluding hydrogens is 190 g/mol. The molecule has 0 aromatic carbocycles. The smallest absolute Gasteiger partial charge is 0.337 e. The standard InChI is InChI=1S/C12H24NO2/c1-7-13(8-2,9-3)11(6)15-12(14)10(4)5/h11H,4,7-9H2,1-3,5-6H3/q+1. The number of carbonyl (C=O) groups excluding carboxylic acids is 1. The predicted octanol–water partition coefficient (Wildman–Crippen LogP) is 2.33. The zero-order valence-corrected chi connectivity index (χ0v) is 10.7. The second-order valence-corrected chi connectivity index (χ2v) is 3.95. The number of quaternary nitrogens is 1. The van der Waals surface area contributed by atoms with Crippen LogP contribution >= 0.6 is 0 Å². The molecule has 0 aliphatic carbocycles. The maximum Gasteiger partial charge on any atom is 0.337 e. The van der Waals surface area contributed by atoms with Crippen molar-refractivity contribution in [2.75, 3.05) is 19.6 Å². The largest absolute Gasteiger partial charge is 0.409 e. The third-order valence-electron chi connectivity index (χ3n) is 3.29. The van der Waals surface area contributed by atoms with E-state index in [-0.39, 0.29) is 12.2 Å². The number of esters is 1. The minimum absolute atomic E-state index is 0.103. The van der Waals surface area contributed by atoms with Crippen LogP contribution in [0, 0.1) is 0 Å². The molecular formula is C12H24NO2+.